The molecule has 1 aromatic carbocycles. The zero-order valence-electron chi connectivity index (χ0n) is 12.7. The second-order valence-corrected chi connectivity index (χ2v) is 5.31. The number of ether oxygens (including phenoxy) is 2. The van der Waals surface area contributed by atoms with Crippen LogP contribution in [0.25, 0.3) is 0 Å². The number of nitrogens with two attached hydrogens (primary N) is 1. The SMILES string of the molecule is CCN(CCOc1ccc(C(=N)N)cc1)CC1CCCO1. The Bertz CT molecular complexity index is 441. The zero-order chi connectivity index (χ0) is 15.1. The highest BCUT2D eigenvalue weighted by atomic mass is 16.5. The second kappa shape index (κ2) is 8.00. The molecule has 1 atom stereocenters. The van der Waals surface area contributed by atoms with E-state index in [0.717, 1.165) is 37.6 Å². The fourth-order valence-corrected chi connectivity index (χ4v) is 2.48. The van der Waals surface area contributed by atoms with E-state index in [0.29, 0.717) is 12.7 Å². The van der Waals surface area contributed by atoms with Gasteiger partial charge in [0.05, 0.1) is 6.10 Å². The van der Waals surface area contributed by atoms with Crippen molar-refractivity contribution in [2.24, 2.45) is 5.73 Å². The molecule has 0 spiro atoms. The van der Waals surface area contributed by atoms with E-state index in [1.807, 2.05) is 24.3 Å². The van der Waals surface area contributed by atoms with Gasteiger partial charge in [0.2, 0.25) is 0 Å². The van der Waals surface area contributed by atoms with Crippen LogP contribution in [0.4, 0.5) is 0 Å². The Morgan fingerprint density at radius 3 is 2.76 bits per heavy atom. The molecule has 5 heteroatoms. The van der Waals surface area contributed by atoms with Gasteiger partial charge in [-0.3, -0.25) is 10.3 Å². The van der Waals surface area contributed by atoms with E-state index < -0.39 is 0 Å². The van der Waals surface area contributed by atoms with Gasteiger partial charge in [-0.2, -0.15) is 0 Å². The number of rotatable bonds is 8. The molecule has 0 radical (unpaired) electrons. The minimum absolute atomic E-state index is 0.0790. The Labute approximate surface area is 126 Å². The van der Waals surface area contributed by atoms with Crippen LogP contribution in [-0.2, 0) is 4.74 Å². The second-order valence-electron chi connectivity index (χ2n) is 5.31. The number of nitrogens with zero attached hydrogens (tertiary/aromatic N) is 1. The van der Waals surface area contributed by atoms with Crippen molar-refractivity contribution >= 4 is 5.84 Å². The lowest BCUT2D eigenvalue weighted by atomic mass is 10.2. The summed E-state index contributed by atoms with van der Waals surface area (Å²) in [6, 6.07) is 7.32. The first-order valence-electron chi connectivity index (χ1n) is 7.60. The van der Waals surface area contributed by atoms with E-state index >= 15 is 0 Å². The van der Waals surface area contributed by atoms with Gasteiger partial charge < -0.3 is 15.2 Å². The fraction of sp³-hybridized carbons (Fsp3) is 0.562. The maximum absolute atomic E-state index is 7.35. The first-order valence-corrected chi connectivity index (χ1v) is 7.60. The highest BCUT2D eigenvalue weighted by molar-refractivity contribution is 5.94. The summed E-state index contributed by atoms with van der Waals surface area (Å²) in [4.78, 5) is 2.36. The van der Waals surface area contributed by atoms with Crippen LogP contribution >= 0.6 is 0 Å². The van der Waals surface area contributed by atoms with Crippen LogP contribution in [0.3, 0.4) is 0 Å². The molecule has 5 nitrogen and oxygen atoms in total. The fourth-order valence-electron chi connectivity index (χ4n) is 2.48. The summed E-state index contributed by atoms with van der Waals surface area (Å²) < 4.78 is 11.4. The number of hydrogen-bond acceptors (Lipinski definition) is 4. The van der Waals surface area contributed by atoms with Crippen molar-refractivity contribution in [2.75, 3.05) is 32.8 Å². The van der Waals surface area contributed by atoms with Crippen molar-refractivity contribution in [1.82, 2.24) is 4.90 Å². The monoisotopic (exact) mass is 291 g/mol. The lowest BCUT2D eigenvalue weighted by Gasteiger charge is -2.23. The molecule has 1 aliphatic heterocycles. The van der Waals surface area contributed by atoms with Gasteiger partial charge in [0.1, 0.15) is 18.2 Å². The van der Waals surface area contributed by atoms with Crippen molar-refractivity contribution in [2.45, 2.75) is 25.9 Å². The van der Waals surface area contributed by atoms with Gasteiger partial charge in [-0.15, -0.1) is 0 Å². The van der Waals surface area contributed by atoms with Gasteiger partial charge in [0, 0.05) is 25.3 Å². The highest BCUT2D eigenvalue weighted by Gasteiger charge is 2.18. The third-order valence-electron chi connectivity index (χ3n) is 3.77. The molecule has 0 aliphatic carbocycles. The topological polar surface area (TPSA) is 71.6 Å². The molecule has 1 unspecified atom stereocenters. The molecule has 1 fully saturated rings. The number of hydrogen-bond donors (Lipinski definition) is 2. The van der Waals surface area contributed by atoms with Crippen LogP contribution < -0.4 is 10.5 Å². The molecule has 21 heavy (non-hydrogen) atoms. The molecule has 0 aromatic heterocycles. The van der Waals surface area contributed by atoms with Crippen LogP contribution in [0.2, 0.25) is 0 Å². The molecule has 1 heterocycles. The van der Waals surface area contributed by atoms with Crippen LogP contribution in [0.5, 0.6) is 5.75 Å². The van der Waals surface area contributed by atoms with Crippen LogP contribution in [0.1, 0.15) is 25.3 Å². The van der Waals surface area contributed by atoms with Crippen molar-refractivity contribution in [3.8, 4) is 5.75 Å². The summed E-state index contributed by atoms with van der Waals surface area (Å²) in [5.41, 5.74) is 6.14. The maximum Gasteiger partial charge on any atom is 0.122 e. The van der Waals surface area contributed by atoms with Crippen molar-refractivity contribution in [3.63, 3.8) is 0 Å². The molecule has 0 amide bonds. The smallest absolute Gasteiger partial charge is 0.122 e. The number of likely N-dealkylation sites (N-methyl/N-ethyl adjacent to an activating group) is 1. The maximum atomic E-state index is 7.35. The molecule has 1 aliphatic rings. The van der Waals surface area contributed by atoms with Gasteiger partial charge in [0.15, 0.2) is 0 Å². The standard InChI is InChI=1S/C16H25N3O2/c1-2-19(12-15-4-3-10-20-15)9-11-21-14-7-5-13(6-8-14)16(17)18/h5-8,15H,2-4,9-12H2,1H3,(H3,17,18). The Balaban J connectivity index is 1.72. The van der Waals surface area contributed by atoms with Gasteiger partial charge in [-0.1, -0.05) is 6.92 Å². The van der Waals surface area contributed by atoms with Crippen LogP contribution in [0.15, 0.2) is 24.3 Å². The molecular weight excluding hydrogens is 266 g/mol. The molecular formula is C16H25N3O2. The first kappa shape index (κ1) is 15.8. The van der Waals surface area contributed by atoms with E-state index in [1.165, 1.54) is 12.8 Å². The van der Waals surface area contributed by atoms with Crippen molar-refractivity contribution < 1.29 is 9.47 Å². The van der Waals surface area contributed by atoms with E-state index in [4.69, 9.17) is 20.6 Å². The highest BCUT2D eigenvalue weighted by Crippen LogP contribution is 2.14. The lowest BCUT2D eigenvalue weighted by Crippen LogP contribution is -2.35. The predicted octanol–water partition coefficient (Wildman–Crippen LogP) is 1.85. The normalized spacial score (nSPS) is 18.1. The summed E-state index contributed by atoms with van der Waals surface area (Å²) in [5, 5.41) is 7.35. The summed E-state index contributed by atoms with van der Waals surface area (Å²) in [5.74, 6) is 0.892. The third-order valence-corrected chi connectivity index (χ3v) is 3.77. The van der Waals surface area contributed by atoms with E-state index in [2.05, 4.69) is 11.8 Å². The molecule has 116 valence electrons. The largest absolute Gasteiger partial charge is 0.492 e. The summed E-state index contributed by atoms with van der Waals surface area (Å²) in [6.45, 7) is 6.61. The Morgan fingerprint density at radius 1 is 1.43 bits per heavy atom. The van der Waals surface area contributed by atoms with Gasteiger partial charge >= 0.3 is 0 Å². The van der Waals surface area contributed by atoms with Crippen molar-refractivity contribution in [3.05, 3.63) is 29.8 Å². The molecule has 3 N–H and O–H groups in total. The third kappa shape index (κ3) is 5.02. The average molecular weight is 291 g/mol. The van der Waals surface area contributed by atoms with E-state index in [1.54, 1.807) is 0 Å². The predicted molar refractivity (Wildman–Crippen MR) is 84.0 cm³/mol. The summed E-state index contributed by atoms with van der Waals surface area (Å²) in [7, 11) is 0. The quantitative estimate of drug-likeness (QED) is 0.566. The first-order chi connectivity index (χ1) is 10.2. The summed E-state index contributed by atoms with van der Waals surface area (Å²) in [6.07, 6.45) is 2.74. The van der Waals surface area contributed by atoms with Crippen LogP contribution in [0, 0.1) is 5.41 Å². The van der Waals surface area contributed by atoms with Gasteiger partial charge in [0.25, 0.3) is 0 Å². The molecule has 2 rings (SSSR count). The minimum atomic E-state index is 0.0790. The van der Waals surface area contributed by atoms with E-state index in [9.17, 15) is 0 Å². The average Bonchev–Trinajstić information content (AvgIpc) is 2.99. The van der Waals surface area contributed by atoms with Crippen LogP contribution in [-0.4, -0.2) is 49.7 Å². The summed E-state index contributed by atoms with van der Waals surface area (Å²) >= 11 is 0. The number of nitrogens with one attached hydrogen (secondary N) is 1. The Kier molecular flexibility index (Phi) is 6.02. The molecule has 0 bridgehead atoms. The zero-order valence-corrected chi connectivity index (χ0v) is 12.7. The molecule has 1 aromatic rings. The molecule has 0 saturated carbocycles. The van der Waals surface area contributed by atoms with E-state index in [-0.39, 0.29) is 5.84 Å². The minimum Gasteiger partial charge on any atom is -0.492 e. The number of nitrogen functional groups attached to an aromatic ring is 1. The molecule has 1 saturated heterocycles. The Morgan fingerprint density at radius 2 is 2.19 bits per heavy atom. The lowest BCUT2D eigenvalue weighted by molar-refractivity contribution is 0.0701. The number of amidine groups is 1. The Hall–Kier alpha value is -1.59. The number of benzene rings is 1. The van der Waals surface area contributed by atoms with Gasteiger partial charge in [-0.05, 0) is 43.7 Å². The van der Waals surface area contributed by atoms with Gasteiger partial charge in [-0.25, -0.2) is 0 Å². The van der Waals surface area contributed by atoms with Crippen molar-refractivity contribution in [1.29, 1.82) is 5.41 Å².